The molecule has 6 nitrogen and oxygen atoms in total. The minimum Gasteiger partial charge on any atom is -0.369 e. The van der Waals surface area contributed by atoms with Crippen molar-refractivity contribution in [2.24, 2.45) is 22.6 Å². The first kappa shape index (κ1) is 26.9. The topological polar surface area (TPSA) is 74.0 Å². The molecule has 7 heteroatoms. The van der Waals surface area contributed by atoms with Crippen LogP contribution in [0.25, 0.3) is 0 Å². The van der Waals surface area contributed by atoms with E-state index in [1.165, 1.54) is 12.0 Å². The molecule has 2 aliphatic heterocycles. The van der Waals surface area contributed by atoms with Gasteiger partial charge in [-0.2, -0.15) is 0 Å². The van der Waals surface area contributed by atoms with Crippen molar-refractivity contribution in [2.75, 3.05) is 45.8 Å². The first-order valence-corrected chi connectivity index (χ1v) is 12.2. The van der Waals surface area contributed by atoms with Gasteiger partial charge in [0.25, 0.3) is 0 Å². The van der Waals surface area contributed by atoms with Crippen LogP contribution in [-0.4, -0.2) is 67.5 Å². The van der Waals surface area contributed by atoms with Crippen LogP contribution in [0.4, 0.5) is 0 Å². The van der Waals surface area contributed by atoms with Gasteiger partial charge in [-0.3, -0.25) is 9.79 Å². The number of unbranched alkanes of at least 4 members (excludes halogenated alkanes) is 1. The first-order chi connectivity index (χ1) is 15.1. The Morgan fingerprint density at radius 1 is 1.12 bits per heavy atom. The Hall–Kier alpha value is -1.35. The van der Waals surface area contributed by atoms with Gasteiger partial charge in [0.1, 0.15) is 0 Å². The van der Waals surface area contributed by atoms with Crippen LogP contribution in [0.5, 0.6) is 0 Å². The maximum Gasteiger partial charge on any atom is 0.220 e. The third-order valence-corrected chi connectivity index (χ3v) is 6.90. The summed E-state index contributed by atoms with van der Waals surface area (Å²) in [5.74, 6) is 2.27. The molecule has 2 unspecified atom stereocenters. The summed E-state index contributed by atoms with van der Waals surface area (Å²) >= 11 is 0. The van der Waals surface area contributed by atoms with Crippen molar-refractivity contribution in [3.05, 3.63) is 35.9 Å². The van der Waals surface area contributed by atoms with Gasteiger partial charge in [0.2, 0.25) is 5.91 Å². The van der Waals surface area contributed by atoms with Crippen LogP contribution < -0.4 is 11.1 Å². The molecule has 0 radical (unpaired) electrons. The molecule has 32 heavy (non-hydrogen) atoms. The van der Waals surface area contributed by atoms with Crippen molar-refractivity contribution in [3.8, 4) is 0 Å². The fourth-order valence-corrected chi connectivity index (χ4v) is 5.03. The number of benzene rings is 1. The van der Waals surface area contributed by atoms with E-state index in [1.54, 1.807) is 0 Å². The number of hydrogen-bond donors (Lipinski definition) is 2. The van der Waals surface area contributed by atoms with E-state index >= 15 is 0 Å². The largest absolute Gasteiger partial charge is 0.369 e. The molecule has 0 aliphatic carbocycles. The lowest BCUT2D eigenvalue weighted by molar-refractivity contribution is -0.123. The third-order valence-electron chi connectivity index (χ3n) is 6.90. The molecule has 180 valence electrons. The number of piperidine rings is 2. The van der Waals surface area contributed by atoms with Gasteiger partial charge in [-0.05, 0) is 76.1 Å². The third kappa shape index (κ3) is 7.90. The molecule has 3 N–H and O–H groups in total. The monoisotopic (exact) mass is 555 g/mol. The number of rotatable bonds is 8. The predicted molar refractivity (Wildman–Crippen MR) is 144 cm³/mol. The second-order valence-corrected chi connectivity index (χ2v) is 9.19. The van der Waals surface area contributed by atoms with E-state index in [0.717, 1.165) is 77.5 Å². The Bertz CT molecular complexity index is 706. The van der Waals surface area contributed by atoms with E-state index < -0.39 is 0 Å². The Morgan fingerprint density at radius 2 is 1.84 bits per heavy atom. The highest BCUT2D eigenvalue weighted by Gasteiger charge is 2.28. The zero-order valence-corrected chi connectivity index (χ0v) is 22.2. The second-order valence-electron chi connectivity index (χ2n) is 9.19. The van der Waals surface area contributed by atoms with Crippen LogP contribution in [0.15, 0.2) is 35.3 Å². The smallest absolute Gasteiger partial charge is 0.220 e. The van der Waals surface area contributed by atoms with Crippen molar-refractivity contribution < 1.29 is 4.79 Å². The summed E-state index contributed by atoms with van der Waals surface area (Å²) in [7, 11) is 0. The van der Waals surface area contributed by atoms with Crippen molar-refractivity contribution in [3.63, 3.8) is 0 Å². The first-order valence-electron chi connectivity index (χ1n) is 12.2. The number of hydrogen-bond acceptors (Lipinski definition) is 3. The molecule has 2 saturated heterocycles. The van der Waals surface area contributed by atoms with Gasteiger partial charge in [0.15, 0.2) is 5.96 Å². The molecule has 1 amide bonds. The summed E-state index contributed by atoms with van der Waals surface area (Å²) in [6, 6.07) is 10.9. The van der Waals surface area contributed by atoms with Crippen molar-refractivity contribution in [2.45, 2.75) is 51.9 Å². The average Bonchev–Trinajstić information content (AvgIpc) is 2.79. The Morgan fingerprint density at radius 3 is 2.47 bits per heavy atom. The molecule has 0 aromatic heterocycles. The number of likely N-dealkylation sites (tertiary alicyclic amines) is 2. The normalized spacial score (nSPS) is 22.9. The van der Waals surface area contributed by atoms with E-state index in [1.807, 2.05) is 0 Å². The van der Waals surface area contributed by atoms with Gasteiger partial charge in [-0.15, -0.1) is 24.0 Å². The summed E-state index contributed by atoms with van der Waals surface area (Å²) in [5.41, 5.74) is 6.90. The number of halogens is 1. The number of carbonyl (C=O) groups is 1. The van der Waals surface area contributed by atoms with E-state index in [2.05, 4.69) is 59.3 Å². The van der Waals surface area contributed by atoms with Gasteiger partial charge in [0, 0.05) is 32.1 Å². The molecule has 1 aromatic rings. The molecule has 1 aromatic carbocycles. The van der Waals surface area contributed by atoms with Crippen LogP contribution in [0.1, 0.15) is 57.4 Å². The minimum absolute atomic E-state index is 0. The molecule has 2 fully saturated rings. The molecule has 2 heterocycles. The number of nitrogens with two attached hydrogens (primary N) is 1. The van der Waals surface area contributed by atoms with E-state index in [-0.39, 0.29) is 35.8 Å². The Kier molecular flexibility index (Phi) is 11.8. The van der Waals surface area contributed by atoms with E-state index in [9.17, 15) is 4.79 Å². The molecular weight excluding hydrogens is 513 g/mol. The zero-order valence-electron chi connectivity index (χ0n) is 19.8. The number of carbonyl (C=O) groups excluding carboxylic acids is 1. The number of amides is 1. The highest BCUT2D eigenvalue weighted by molar-refractivity contribution is 14.0. The molecule has 0 bridgehead atoms. The van der Waals surface area contributed by atoms with Crippen LogP contribution in [-0.2, 0) is 4.79 Å². The number of aliphatic imine (C=N–C) groups is 1. The minimum atomic E-state index is -0.132. The maximum absolute atomic E-state index is 11.3. The van der Waals surface area contributed by atoms with E-state index in [4.69, 9.17) is 10.7 Å². The van der Waals surface area contributed by atoms with Crippen LogP contribution in [0.3, 0.4) is 0 Å². The molecule has 0 spiro atoms. The quantitative estimate of drug-likeness (QED) is 0.222. The summed E-state index contributed by atoms with van der Waals surface area (Å²) in [5, 5.41) is 3.50. The summed E-state index contributed by atoms with van der Waals surface area (Å²) in [6.07, 6.45) is 5.25. The van der Waals surface area contributed by atoms with Gasteiger partial charge in [0.05, 0.1) is 0 Å². The fraction of sp³-hybridized carbons (Fsp3) is 0.680. The van der Waals surface area contributed by atoms with Gasteiger partial charge in [-0.25, -0.2) is 0 Å². The number of nitrogens with zero attached hydrogens (tertiary/aromatic N) is 3. The summed E-state index contributed by atoms with van der Waals surface area (Å²) < 4.78 is 0. The van der Waals surface area contributed by atoms with Gasteiger partial charge in [-0.1, -0.05) is 37.3 Å². The Balaban J connectivity index is 0.00000363. The van der Waals surface area contributed by atoms with E-state index in [0.29, 0.717) is 11.8 Å². The zero-order chi connectivity index (χ0) is 22.1. The van der Waals surface area contributed by atoms with Gasteiger partial charge >= 0.3 is 0 Å². The number of guanidine groups is 1. The summed E-state index contributed by atoms with van der Waals surface area (Å²) in [4.78, 5) is 21.1. The van der Waals surface area contributed by atoms with Crippen LogP contribution in [0, 0.1) is 11.8 Å². The number of nitrogens with one attached hydrogen (secondary N) is 1. The van der Waals surface area contributed by atoms with Crippen LogP contribution >= 0.6 is 24.0 Å². The molecule has 3 rings (SSSR count). The molecule has 2 atom stereocenters. The highest BCUT2D eigenvalue weighted by Crippen LogP contribution is 2.32. The molecule has 2 aliphatic rings. The maximum atomic E-state index is 11.3. The summed E-state index contributed by atoms with van der Waals surface area (Å²) in [6.45, 7) is 11.5. The van der Waals surface area contributed by atoms with Crippen molar-refractivity contribution in [1.29, 1.82) is 0 Å². The number of primary amides is 1. The highest BCUT2D eigenvalue weighted by atomic mass is 127. The predicted octanol–water partition coefficient (Wildman–Crippen LogP) is 3.67. The average molecular weight is 556 g/mol. The van der Waals surface area contributed by atoms with Crippen LogP contribution in [0.2, 0.25) is 0 Å². The molecular formula is C25H42IN5O. The molecule has 0 saturated carbocycles. The SMILES string of the molecule is CCNC(=NCCCCN1CCC(C(N)=O)CC1)N1CCC(c2ccccc2)C(C)C1.I. The fourth-order valence-electron chi connectivity index (χ4n) is 5.03. The lowest BCUT2D eigenvalue weighted by Gasteiger charge is -2.39. The Labute approximate surface area is 211 Å². The second kappa shape index (κ2) is 14.0. The lowest BCUT2D eigenvalue weighted by atomic mass is 9.82. The van der Waals surface area contributed by atoms with Gasteiger partial charge < -0.3 is 20.9 Å². The standard InChI is InChI=1S/C25H41N5O.HI/c1-3-27-25(28-14-7-8-15-29-16-11-22(12-17-29)24(26)31)30-18-13-23(20(2)19-30)21-9-5-4-6-10-21;/h4-6,9-10,20,22-23H,3,7-8,11-19H2,1-2H3,(H2,26,31)(H,27,28);1H. The lowest BCUT2D eigenvalue weighted by Crippen LogP contribution is -2.48. The van der Waals surface area contributed by atoms with Crippen molar-refractivity contribution in [1.82, 2.24) is 15.1 Å². The van der Waals surface area contributed by atoms with Crippen molar-refractivity contribution >= 4 is 35.8 Å².